The minimum absolute atomic E-state index is 0. The molecule has 2 unspecified atom stereocenters. The summed E-state index contributed by atoms with van der Waals surface area (Å²) in [5.74, 6) is 0.873. The van der Waals surface area contributed by atoms with Crippen LogP contribution in [0.3, 0.4) is 0 Å². The van der Waals surface area contributed by atoms with Crippen LogP contribution in [-0.4, -0.2) is 18.4 Å². The van der Waals surface area contributed by atoms with Crippen molar-refractivity contribution in [2.75, 3.05) is 6.54 Å². The van der Waals surface area contributed by atoms with E-state index in [1.807, 2.05) is 0 Å². The molecule has 0 aromatic heterocycles. The molecule has 0 aromatic rings. The van der Waals surface area contributed by atoms with Gasteiger partial charge in [0.2, 0.25) is 0 Å². The summed E-state index contributed by atoms with van der Waals surface area (Å²) in [7, 11) is 0. The minimum Gasteiger partial charge on any atom is -0.313 e. The molecule has 2 fully saturated rings. The Labute approximate surface area is 98.6 Å². The van der Waals surface area contributed by atoms with Gasteiger partial charge in [0.05, 0.1) is 0 Å². The Morgan fingerprint density at radius 1 is 1.00 bits per heavy atom. The Morgan fingerprint density at radius 3 is 2.60 bits per heavy atom. The summed E-state index contributed by atoms with van der Waals surface area (Å²) in [6, 6.07) is 0.505. The van der Waals surface area contributed by atoms with Gasteiger partial charge >= 0.3 is 0 Å². The van der Waals surface area contributed by atoms with Crippen LogP contribution in [0.5, 0.6) is 0 Å². The summed E-state index contributed by atoms with van der Waals surface area (Å²) in [5.41, 5.74) is 0. The van der Waals surface area contributed by atoms with Gasteiger partial charge in [-0.1, -0.05) is 19.3 Å². The molecule has 1 N–H and O–H groups in total. The Morgan fingerprint density at radius 2 is 1.80 bits per heavy atom. The van der Waals surface area contributed by atoms with Gasteiger partial charge in [0, 0.05) is 18.4 Å². The van der Waals surface area contributed by atoms with Gasteiger partial charge in [0.25, 0.3) is 0 Å². The smallest absolute Gasteiger partial charge is 0.137 e. The van der Waals surface area contributed by atoms with Crippen LogP contribution in [0.25, 0.3) is 0 Å². The van der Waals surface area contributed by atoms with E-state index >= 15 is 0 Å². The summed E-state index contributed by atoms with van der Waals surface area (Å²) in [6.45, 7) is 1.12. The minimum atomic E-state index is 0. The number of halogens is 1. The van der Waals surface area contributed by atoms with Crippen molar-refractivity contribution in [1.82, 2.24) is 5.32 Å². The molecule has 88 valence electrons. The lowest BCUT2D eigenvalue weighted by Crippen LogP contribution is -2.40. The van der Waals surface area contributed by atoms with Gasteiger partial charge in [0.15, 0.2) is 0 Å². The molecule has 0 spiro atoms. The van der Waals surface area contributed by atoms with Crippen LogP contribution in [-0.2, 0) is 4.79 Å². The number of hydrogen-bond donors (Lipinski definition) is 1. The normalized spacial score (nSPS) is 32.9. The third-order valence-electron chi connectivity index (χ3n) is 3.69. The molecule has 0 radical (unpaired) electrons. The van der Waals surface area contributed by atoms with Gasteiger partial charge in [-0.3, -0.25) is 4.79 Å². The summed E-state index contributed by atoms with van der Waals surface area (Å²) in [4.78, 5) is 11.8. The molecule has 15 heavy (non-hydrogen) atoms. The van der Waals surface area contributed by atoms with E-state index in [-0.39, 0.29) is 12.4 Å². The highest BCUT2D eigenvalue weighted by Gasteiger charge is 2.29. The van der Waals surface area contributed by atoms with Crippen molar-refractivity contribution in [1.29, 1.82) is 0 Å². The lowest BCUT2D eigenvalue weighted by molar-refractivity contribution is -0.125. The lowest BCUT2D eigenvalue weighted by Gasteiger charge is -2.28. The molecule has 1 saturated heterocycles. The molecular weight excluding hydrogens is 210 g/mol. The zero-order valence-corrected chi connectivity index (χ0v) is 10.2. The van der Waals surface area contributed by atoms with Crippen LogP contribution in [0.4, 0.5) is 0 Å². The van der Waals surface area contributed by atoms with Gasteiger partial charge in [-0.25, -0.2) is 0 Å². The van der Waals surface area contributed by atoms with Crippen LogP contribution >= 0.6 is 12.4 Å². The molecule has 1 aliphatic heterocycles. The first-order valence-electron chi connectivity index (χ1n) is 6.14. The van der Waals surface area contributed by atoms with Crippen LogP contribution in [0.1, 0.15) is 51.4 Å². The molecule has 2 nitrogen and oxygen atoms in total. The van der Waals surface area contributed by atoms with Gasteiger partial charge in [-0.05, 0) is 32.2 Å². The number of nitrogens with one attached hydrogen (secondary N) is 1. The second-order valence-electron chi connectivity index (χ2n) is 4.73. The largest absolute Gasteiger partial charge is 0.313 e. The number of carbonyl (C=O) groups is 1. The maximum Gasteiger partial charge on any atom is 0.137 e. The van der Waals surface area contributed by atoms with E-state index in [9.17, 15) is 4.79 Å². The van der Waals surface area contributed by atoms with E-state index in [0.717, 1.165) is 25.8 Å². The van der Waals surface area contributed by atoms with Crippen molar-refractivity contribution in [2.45, 2.75) is 57.4 Å². The monoisotopic (exact) mass is 231 g/mol. The standard InChI is InChI=1S/C12H21NO.ClH/c14-12-8-4-3-6-10(12)11-7-2-1-5-9-13-11;/h10-11,13H,1-9H2;1H. The van der Waals surface area contributed by atoms with Crippen molar-refractivity contribution in [3.63, 3.8) is 0 Å². The highest BCUT2D eigenvalue weighted by molar-refractivity contribution is 5.85. The van der Waals surface area contributed by atoms with Crippen LogP contribution in [0.15, 0.2) is 0 Å². The fourth-order valence-corrected chi connectivity index (χ4v) is 2.83. The van der Waals surface area contributed by atoms with Crippen molar-refractivity contribution in [3.8, 4) is 0 Å². The second-order valence-corrected chi connectivity index (χ2v) is 4.73. The third kappa shape index (κ3) is 3.46. The third-order valence-corrected chi connectivity index (χ3v) is 3.69. The fraction of sp³-hybridized carbons (Fsp3) is 0.917. The zero-order valence-electron chi connectivity index (χ0n) is 9.34. The average molecular weight is 232 g/mol. The Balaban J connectivity index is 0.00000112. The van der Waals surface area contributed by atoms with E-state index in [2.05, 4.69) is 5.32 Å². The predicted octanol–water partition coefficient (Wildman–Crippen LogP) is 2.70. The van der Waals surface area contributed by atoms with Crippen LogP contribution < -0.4 is 5.32 Å². The van der Waals surface area contributed by atoms with Gasteiger partial charge < -0.3 is 5.32 Å². The molecule has 3 heteroatoms. The van der Waals surface area contributed by atoms with E-state index in [0.29, 0.717) is 17.7 Å². The summed E-state index contributed by atoms with van der Waals surface area (Å²) >= 11 is 0. The highest BCUT2D eigenvalue weighted by atomic mass is 35.5. The molecule has 0 bridgehead atoms. The van der Waals surface area contributed by atoms with Gasteiger partial charge in [0.1, 0.15) is 5.78 Å². The summed E-state index contributed by atoms with van der Waals surface area (Å²) in [5, 5.41) is 3.56. The van der Waals surface area contributed by atoms with E-state index in [1.54, 1.807) is 0 Å². The highest BCUT2D eigenvalue weighted by Crippen LogP contribution is 2.27. The molecule has 2 atom stereocenters. The predicted molar refractivity (Wildman–Crippen MR) is 64.5 cm³/mol. The van der Waals surface area contributed by atoms with E-state index in [4.69, 9.17) is 0 Å². The Hall–Kier alpha value is -0.0800. The molecule has 2 rings (SSSR count). The SMILES string of the molecule is Cl.O=C1CCCCC1C1CCCCCN1. The summed E-state index contributed by atoms with van der Waals surface area (Å²) < 4.78 is 0. The van der Waals surface area contributed by atoms with Crippen LogP contribution in [0.2, 0.25) is 0 Å². The van der Waals surface area contributed by atoms with E-state index < -0.39 is 0 Å². The second kappa shape index (κ2) is 6.49. The zero-order chi connectivity index (χ0) is 9.80. The maximum absolute atomic E-state index is 11.8. The Kier molecular flexibility index (Phi) is 5.62. The molecular formula is C12H22ClNO. The van der Waals surface area contributed by atoms with Crippen molar-refractivity contribution in [2.24, 2.45) is 5.92 Å². The van der Waals surface area contributed by atoms with Crippen molar-refractivity contribution >= 4 is 18.2 Å². The Bertz CT molecular complexity index is 200. The van der Waals surface area contributed by atoms with Crippen molar-refractivity contribution < 1.29 is 4.79 Å². The van der Waals surface area contributed by atoms with E-state index in [1.165, 1.54) is 32.1 Å². The lowest BCUT2D eigenvalue weighted by atomic mass is 9.81. The number of hydrogen-bond acceptors (Lipinski definition) is 2. The number of ketones is 1. The summed E-state index contributed by atoms with van der Waals surface area (Å²) in [6.07, 6.45) is 9.51. The molecule has 1 heterocycles. The first-order chi connectivity index (χ1) is 6.88. The van der Waals surface area contributed by atoms with Crippen LogP contribution in [0, 0.1) is 5.92 Å². The molecule has 0 aromatic carbocycles. The number of Topliss-reactive ketones (excluding diaryl/α,β-unsaturated/α-hetero) is 1. The first-order valence-corrected chi connectivity index (χ1v) is 6.14. The first kappa shape index (κ1) is 13.0. The van der Waals surface area contributed by atoms with Gasteiger partial charge in [-0.2, -0.15) is 0 Å². The fourth-order valence-electron chi connectivity index (χ4n) is 2.83. The topological polar surface area (TPSA) is 29.1 Å². The average Bonchev–Trinajstić information content (AvgIpc) is 2.47. The van der Waals surface area contributed by atoms with Gasteiger partial charge in [-0.15, -0.1) is 12.4 Å². The molecule has 1 aliphatic carbocycles. The van der Waals surface area contributed by atoms with Crippen molar-refractivity contribution in [3.05, 3.63) is 0 Å². The number of carbonyl (C=O) groups excluding carboxylic acids is 1. The number of rotatable bonds is 1. The molecule has 2 aliphatic rings. The molecule has 0 amide bonds. The maximum atomic E-state index is 11.8. The molecule has 1 saturated carbocycles. The quantitative estimate of drug-likeness (QED) is 0.752.